The van der Waals surface area contributed by atoms with Gasteiger partial charge in [-0.05, 0) is 30.3 Å². The molecule has 2 rings (SSSR count). The van der Waals surface area contributed by atoms with Gasteiger partial charge in [-0.2, -0.15) is 13.2 Å². The maximum Gasteiger partial charge on any atom is 0.418 e. The van der Waals surface area contributed by atoms with E-state index in [9.17, 15) is 22.7 Å². The number of pyridine rings is 1. The molecule has 1 aromatic carbocycles. The van der Waals surface area contributed by atoms with Gasteiger partial charge in [0.2, 0.25) is 0 Å². The fourth-order valence-corrected chi connectivity index (χ4v) is 2.37. The second kappa shape index (κ2) is 7.15. The highest BCUT2D eigenvalue weighted by Crippen LogP contribution is 2.35. The van der Waals surface area contributed by atoms with Gasteiger partial charge in [0.15, 0.2) is 5.60 Å². The number of benzene rings is 1. The van der Waals surface area contributed by atoms with Gasteiger partial charge in [0.05, 0.1) is 12.1 Å². The molecule has 1 aromatic heterocycles. The Labute approximate surface area is 146 Å². The van der Waals surface area contributed by atoms with E-state index in [1.165, 1.54) is 31.4 Å². The van der Waals surface area contributed by atoms with Crippen molar-refractivity contribution in [3.05, 3.63) is 46.9 Å². The molecule has 0 amide bonds. The van der Waals surface area contributed by atoms with Gasteiger partial charge in [0.1, 0.15) is 17.3 Å². The molecule has 9 heteroatoms. The number of nitrogens with zero attached hydrogens (tertiary/aromatic N) is 1. The van der Waals surface area contributed by atoms with Crippen LogP contribution in [0.2, 0.25) is 5.02 Å². The second-order valence-electron chi connectivity index (χ2n) is 5.39. The van der Waals surface area contributed by atoms with Crippen molar-refractivity contribution in [3.8, 4) is 17.0 Å². The molecule has 0 saturated carbocycles. The molecule has 3 N–H and O–H groups in total. The molecular formula is C16H15ClF4N2O2. The SMILES string of the molecule is COc1ccc(CC(O)(CN)C(F)(F)F)nc1-c1ccc(F)c(Cl)c1. The highest BCUT2D eigenvalue weighted by atomic mass is 35.5. The standard InChI is InChI=1S/C16H15ClF4N2O2/c1-25-13-5-3-10(7-15(24,8-22)16(19,20)21)23-14(13)9-2-4-12(18)11(17)6-9/h2-6,24H,7-8,22H2,1H3. The fourth-order valence-electron chi connectivity index (χ4n) is 2.19. The van der Waals surface area contributed by atoms with Crippen LogP contribution in [0.4, 0.5) is 17.6 Å². The maximum absolute atomic E-state index is 13.3. The predicted octanol–water partition coefficient (Wildman–Crippen LogP) is 3.34. The number of hydrogen-bond acceptors (Lipinski definition) is 4. The molecule has 0 aliphatic rings. The van der Waals surface area contributed by atoms with Crippen molar-refractivity contribution in [2.75, 3.05) is 13.7 Å². The monoisotopic (exact) mass is 378 g/mol. The van der Waals surface area contributed by atoms with E-state index in [4.69, 9.17) is 22.1 Å². The van der Waals surface area contributed by atoms with Gasteiger partial charge in [-0.1, -0.05) is 11.6 Å². The summed E-state index contributed by atoms with van der Waals surface area (Å²) in [4.78, 5) is 4.11. The van der Waals surface area contributed by atoms with Crippen molar-refractivity contribution >= 4 is 11.6 Å². The van der Waals surface area contributed by atoms with Crippen LogP contribution in [-0.4, -0.2) is 35.5 Å². The first kappa shape index (κ1) is 19.4. The third-order valence-corrected chi connectivity index (χ3v) is 3.96. The van der Waals surface area contributed by atoms with Crippen molar-refractivity contribution in [1.29, 1.82) is 0 Å². The normalized spacial score (nSPS) is 14.2. The van der Waals surface area contributed by atoms with Crippen LogP contribution in [0.1, 0.15) is 5.69 Å². The Hall–Kier alpha value is -1.90. The summed E-state index contributed by atoms with van der Waals surface area (Å²) in [6, 6.07) is 6.46. The van der Waals surface area contributed by atoms with Gasteiger partial charge in [-0.15, -0.1) is 0 Å². The van der Waals surface area contributed by atoms with Gasteiger partial charge in [0, 0.05) is 24.2 Å². The second-order valence-corrected chi connectivity index (χ2v) is 5.80. The van der Waals surface area contributed by atoms with Crippen LogP contribution in [0.15, 0.2) is 30.3 Å². The molecule has 25 heavy (non-hydrogen) atoms. The van der Waals surface area contributed by atoms with E-state index in [-0.39, 0.29) is 22.2 Å². The zero-order valence-corrected chi connectivity index (χ0v) is 13.8. The molecule has 1 atom stereocenters. The third kappa shape index (κ3) is 4.02. The number of hydrogen-bond donors (Lipinski definition) is 2. The molecule has 0 spiro atoms. The van der Waals surface area contributed by atoms with Crippen molar-refractivity contribution in [2.24, 2.45) is 5.73 Å². The zero-order chi connectivity index (χ0) is 18.8. The molecule has 0 radical (unpaired) electrons. The number of ether oxygens (including phenoxy) is 1. The van der Waals surface area contributed by atoms with Crippen molar-refractivity contribution in [2.45, 2.75) is 18.2 Å². The molecule has 0 aliphatic heterocycles. The van der Waals surface area contributed by atoms with Crippen molar-refractivity contribution in [1.82, 2.24) is 4.98 Å². The molecule has 0 fully saturated rings. The topological polar surface area (TPSA) is 68.4 Å². The smallest absolute Gasteiger partial charge is 0.418 e. The molecule has 0 aliphatic carbocycles. The van der Waals surface area contributed by atoms with Crippen LogP contribution in [0, 0.1) is 5.82 Å². The number of methoxy groups -OCH3 is 1. The molecule has 4 nitrogen and oxygen atoms in total. The quantitative estimate of drug-likeness (QED) is 0.783. The molecule has 0 bridgehead atoms. The van der Waals surface area contributed by atoms with Crippen LogP contribution in [0.3, 0.4) is 0 Å². The van der Waals surface area contributed by atoms with Crippen LogP contribution in [0.5, 0.6) is 5.75 Å². The Kier molecular flexibility index (Phi) is 5.55. The van der Waals surface area contributed by atoms with E-state index in [0.717, 1.165) is 6.07 Å². The zero-order valence-electron chi connectivity index (χ0n) is 13.1. The fraction of sp³-hybridized carbons (Fsp3) is 0.312. The lowest BCUT2D eigenvalue weighted by Gasteiger charge is -2.28. The number of rotatable bonds is 5. The first-order chi connectivity index (χ1) is 11.6. The Morgan fingerprint density at radius 2 is 1.92 bits per heavy atom. The van der Waals surface area contributed by atoms with E-state index in [2.05, 4.69) is 4.98 Å². The lowest BCUT2D eigenvalue weighted by molar-refractivity contribution is -0.255. The molecule has 1 heterocycles. The van der Waals surface area contributed by atoms with E-state index < -0.39 is 30.6 Å². The van der Waals surface area contributed by atoms with Gasteiger partial charge in [-0.25, -0.2) is 9.37 Å². The summed E-state index contributed by atoms with van der Waals surface area (Å²) in [5.74, 6) is -0.384. The van der Waals surface area contributed by atoms with Crippen LogP contribution < -0.4 is 10.5 Å². The number of aromatic nitrogens is 1. The number of halogens is 5. The van der Waals surface area contributed by atoms with Gasteiger partial charge < -0.3 is 15.6 Å². The van der Waals surface area contributed by atoms with Crippen molar-refractivity contribution in [3.63, 3.8) is 0 Å². The Bertz CT molecular complexity index is 770. The largest absolute Gasteiger partial charge is 0.494 e. The first-order valence-corrected chi connectivity index (χ1v) is 7.47. The van der Waals surface area contributed by atoms with Crippen LogP contribution in [-0.2, 0) is 6.42 Å². The maximum atomic E-state index is 13.3. The Morgan fingerprint density at radius 3 is 2.44 bits per heavy atom. The van der Waals surface area contributed by atoms with E-state index in [1.807, 2.05) is 0 Å². The molecular weight excluding hydrogens is 364 g/mol. The van der Waals surface area contributed by atoms with E-state index >= 15 is 0 Å². The highest BCUT2D eigenvalue weighted by Gasteiger charge is 2.52. The predicted molar refractivity (Wildman–Crippen MR) is 85.0 cm³/mol. The summed E-state index contributed by atoms with van der Waals surface area (Å²) < 4.78 is 57.5. The van der Waals surface area contributed by atoms with Crippen LogP contribution in [0.25, 0.3) is 11.3 Å². The first-order valence-electron chi connectivity index (χ1n) is 7.10. The summed E-state index contributed by atoms with van der Waals surface area (Å²) >= 11 is 5.74. The summed E-state index contributed by atoms with van der Waals surface area (Å²) in [7, 11) is 1.36. The summed E-state index contributed by atoms with van der Waals surface area (Å²) in [5, 5.41) is 9.62. The van der Waals surface area contributed by atoms with Crippen molar-refractivity contribution < 1.29 is 27.4 Å². The summed E-state index contributed by atoms with van der Waals surface area (Å²) in [6.45, 7) is -1.01. The van der Waals surface area contributed by atoms with Gasteiger partial charge >= 0.3 is 6.18 Å². The average Bonchev–Trinajstić information content (AvgIpc) is 2.56. The number of aliphatic hydroxyl groups is 1. The lowest BCUT2D eigenvalue weighted by Crippen LogP contribution is -2.53. The Balaban J connectivity index is 2.48. The molecule has 1 unspecified atom stereocenters. The lowest BCUT2D eigenvalue weighted by atomic mass is 9.96. The number of nitrogens with two attached hydrogens (primary N) is 1. The summed E-state index contributed by atoms with van der Waals surface area (Å²) in [5.41, 5.74) is 2.47. The average molecular weight is 379 g/mol. The number of alkyl halides is 3. The summed E-state index contributed by atoms with van der Waals surface area (Å²) in [6.07, 6.45) is -5.75. The minimum Gasteiger partial charge on any atom is -0.494 e. The minimum absolute atomic E-state index is 0.0541. The molecule has 0 saturated heterocycles. The van der Waals surface area contributed by atoms with Gasteiger partial charge in [0.25, 0.3) is 0 Å². The van der Waals surface area contributed by atoms with E-state index in [1.54, 1.807) is 0 Å². The minimum atomic E-state index is -4.91. The Morgan fingerprint density at radius 1 is 1.24 bits per heavy atom. The highest BCUT2D eigenvalue weighted by molar-refractivity contribution is 6.31. The van der Waals surface area contributed by atoms with E-state index in [0.29, 0.717) is 5.56 Å². The van der Waals surface area contributed by atoms with Gasteiger partial charge in [-0.3, -0.25) is 0 Å². The van der Waals surface area contributed by atoms with Crippen LogP contribution >= 0.6 is 11.6 Å². The molecule has 2 aromatic rings. The third-order valence-electron chi connectivity index (χ3n) is 3.67. The molecule has 136 valence electrons.